The molecule has 0 radical (unpaired) electrons. The number of fused-ring (bicyclic) bond motifs is 1. The second kappa shape index (κ2) is 7.02. The lowest BCUT2D eigenvalue weighted by atomic mass is 9.95. The number of carbonyl (C=O) groups excluding carboxylic acids is 2. The topological polar surface area (TPSA) is 58.6 Å². The summed E-state index contributed by atoms with van der Waals surface area (Å²) in [6, 6.07) is 6.15. The van der Waals surface area contributed by atoms with Crippen LogP contribution >= 0.6 is 0 Å². The van der Waals surface area contributed by atoms with Gasteiger partial charge in [0.2, 0.25) is 11.8 Å². The van der Waals surface area contributed by atoms with Crippen molar-refractivity contribution in [3.8, 4) is 5.75 Å². The number of hydrogen-bond donors (Lipinski definition) is 1. The smallest absolute Gasteiger partial charge is 0.223 e. The van der Waals surface area contributed by atoms with Crippen molar-refractivity contribution < 1.29 is 14.3 Å². The van der Waals surface area contributed by atoms with Crippen LogP contribution in [0.1, 0.15) is 37.3 Å². The molecule has 0 spiro atoms. The van der Waals surface area contributed by atoms with Gasteiger partial charge in [0.05, 0.1) is 6.61 Å². The Morgan fingerprint density at radius 1 is 1.30 bits per heavy atom. The van der Waals surface area contributed by atoms with Gasteiger partial charge in [-0.25, -0.2) is 0 Å². The summed E-state index contributed by atoms with van der Waals surface area (Å²) >= 11 is 0. The monoisotopic (exact) mass is 316 g/mol. The molecule has 0 aliphatic carbocycles. The molecule has 2 amide bonds. The third-order valence-electron chi connectivity index (χ3n) is 4.75. The molecule has 0 atom stereocenters. The Bertz CT molecular complexity index is 592. The highest BCUT2D eigenvalue weighted by atomic mass is 16.5. The number of amides is 2. The van der Waals surface area contributed by atoms with Crippen LogP contribution < -0.4 is 10.1 Å². The molecule has 2 heterocycles. The van der Waals surface area contributed by atoms with Crippen LogP contribution in [0.2, 0.25) is 0 Å². The Kier molecular flexibility index (Phi) is 4.84. The molecule has 1 aromatic rings. The third kappa shape index (κ3) is 3.84. The number of aryl methyl sites for hydroxylation is 1. The highest BCUT2D eigenvalue weighted by Gasteiger charge is 2.25. The van der Waals surface area contributed by atoms with Gasteiger partial charge in [0.15, 0.2) is 0 Å². The van der Waals surface area contributed by atoms with E-state index >= 15 is 0 Å². The molecule has 1 saturated heterocycles. The normalized spacial score (nSPS) is 18.0. The van der Waals surface area contributed by atoms with Gasteiger partial charge in [-0.1, -0.05) is 12.1 Å². The fraction of sp³-hybridized carbons (Fsp3) is 0.556. The number of nitrogens with zero attached hydrogens (tertiary/aromatic N) is 1. The number of benzene rings is 1. The van der Waals surface area contributed by atoms with Crippen molar-refractivity contribution >= 4 is 11.8 Å². The fourth-order valence-electron chi connectivity index (χ4n) is 3.31. The van der Waals surface area contributed by atoms with Crippen molar-refractivity contribution in [1.82, 2.24) is 10.2 Å². The predicted octanol–water partition coefficient (Wildman–Crippen LogP) is 1.89. The van der Waals surface area contributed by atoms with Crippen molar-refractivity contribution in [3.63, 3.8) is 0 Å². The molecule has 0 saturated carbocycles. The summed E-state index contributed by atoms with van der Waals surface area (Å²) in [7, 11) is 0. The lowest BCUT2D eigenvalue weighted by Crippen LogP contribution is -2.42. The van der Waals surface area contributed by atoms with E-state index in [0.29, 0.717) is 19.6 Å². The van der Waals surface area contributed by atoms with Crippen molar-refractivity contribution in [2.24, 2.45) is 5.92 Å². The molecular weight excluding hydrogens is 292 g/mol. The Balaban J connectivity index is 1.50. The van der Waals surface area contributed by atoms with E-state index in [-0.39, 0.29) is 17.7 Å². The number of carbonyl (C=O) groups is 2. The van der Waals surface area contributed by atoms with Gasteiger partial charge in [-0.3, -0.25) is 9.59 Å². The number of likely N-dealkylation sites (tertiary alicyclic amines) is 1. The molecule has 1 fully saturated rings. The molecule has 124 valence electrons. The van der Waals surface area contributed by atoms with Crippen LogP contribution in [0.5, 0.6) is 5.75 Å². The zero-order chi connectivity index (χ0) is 16.2. The number of ether oxygens (including phenoxy) is 1. The predicted molar refractivity (Wildman–Crippen MR) is 87.1 cm³/mol. The van der Waals surface area contributed by atoms with Crippen LogP contribution in [-0.4, -0.2) is 36.4 Å². The Morgan fingerprint density at radius 2 is 2.09 bits per heavy atom. The van der Waals surface area contributed by atoms with E-state index in [1.807, 2.05) is 17.0 Å². The molecule has 5 heteroatoms. The Labute approximate surface area is 137 Å². The van der Waals surface area contributed by atoms with Gasteiger partial charge in [-0.2, -0.15) is 0 Å². The van der Waals surface area contributed by atoms with E-state index in [2.05, 4.69) is 11.4 Å². The Morgan fingerprint density at radius 3 is 2.83 bits per heavy atom. The first kappa shape index (κ1) is 15.8. The molecule has 23 heavy (non-hydrogen) atoms. The number of piperidine rings is 1. The quantitative estimate of drug-likeness (QED) is 0.926. The number of rotatable bonds is 3. The minimum atomic E-state index is 0.0200. The summed E-state index contributed by atoms with van der Waals surface area (Å²) in [5.41, 5.74) is 2.35. The van der Waals surface area contributed by atoms with Gasteiger partial charge in [0.25, 0.3) is 0 Å². The van der Waals surface area contributed by atoms with Crippen molar-refractivity contribution in [1.29, 1.82) is 0 Å². The SMILES string of the molecule is CC(=O)N1CCC(C(=O)NCc2ccc3c(c2)CCCO3)CC1. The zero-order valence-electron chi connectivity index (χ0n) is 13.6. The van der Waals surface area contributed by atoms with Crippen LogP contribution in [-0.2, 0) is 22.6 Å². The minimum absolute atomic E-state index is 0.0200. The van der Waals surface area contributed by atoms with E-state index < -0.39 is 0 Å². The van der Waals surface area contributed by atoms with Crippen LogP contribution in [0, 0.1) is 5.92 Å². The number of nitrogens with one attached hydrogen (secondary N) is 1. The summed E-state index contributed by atoms with van der Waals surface area (Å²) in [4.78, 5) is 25.4. The maximum Gasteiger partial charge on any atom is 0.223 e. The maximum absolute atomic E-state index is 12.3. The highest BCUT2D eigenvalue weighted by Crippen LogP contribution is 2.25. The minimum Gasteiger partial charge on any atom is -0.493 e. The van der Waals surface area contributed by atoms with Gasteiger partial charge in [-0.15, -0.1) is 0 Å². The fourth-order valence-corrected chi connectivity index (χ4v) is 3.31. The largest absolute Gasteiger partial charge is 0.493 e. The third-order valence-corrected chi connectivity index (χ3v) is 4.75. The van der Waals surface area contributed by atoms with E-state index in [4.69, 9.17) is 4.74 Å². The molecule has 2 aliphatic heterocycles. The number of hydrogen-bond acceptors (Lipinski definition) is 3. The van der Waals surface area contributed by atoms with Crippen LogP contribution in [0.4, 0.5) is 0 Å². The summed E-state index contributed by atoms with van der Waals surface area (Å²) in [5.74, 6) is 1.19. The molecule has 1 aromatic carbocycles. The van der Waals surface area contributed by atoms with E-state index in [0.717, 1.165) is 43.6 Å². The summed E-state index contributed by atoms with van der Waals surface area (Å²) in [5, 5.41) is 3.04. The van der Waals surface area contributed by atoms with Gasteiger partial charge in [0.1, 0.15) is 5.75 Å². The summed E-state index contributed by atoms with van der Waals surface area (Å²) in [6.07, 6.45) is 3.60. The van der Waals surface area contributed by atoms with Crippen molar-refractivity contribution in [2.75, 3.05) is 19.7 Å². The van der Waals surface area contributed by atoms with Gasteiger partial charge < -0.3 is 15.0 Å². The van der Waals surface area contributed by atoms with E-state index in [1.54, 1.807) is 6.92 Å². The standard InChI is InChI=1S/C18H24N2O3/c1-13(21)20-8-6-15(7-9-20)18(22)19-12-14-4-5-17-16(11-14)3-2-10-23-17/h4-5,11,15H,2-3,6-10,12H2,1H3,(H,19,22). The van der Waals surface area contributed by atoms with Crippen molar-refractivity contribution in [3.05, 3.63) is 29.3 Å². The van der Waals surface area contributed by atoms with Gasteiger partial charge in [-0.05, 0) is 42.9 Å². The highest BCUT2D eigenvalue weighted by molar-refractivity contribution is 5.79. The van der Waals surface area contributed by atoms with Crippen LogP contribution in [0.25, 0.3) is 0 Å². The molecule has 1 N–H and O–H groups in total. The molecule has 5 nitrogen and oxygen atoms in total. The van der Waals surface area contributed by atoms with Gasteiger partial charge in [0, 0.05) is 32.5 Å². The molecule has 2 aliphatic rings. The summed E-state index contributed by atoms with van der Waals surface area (Å²) < 4.78 is 5.61. The lowest BCUT2D eigenvalue weighted by molar-refractivity contribution is -0.134. The Hall–Kier alpha value is -2.04. The maximum atomic E-state index is 12.3. The molecule has 0 aromatic heterocycles. The van der Waals surface area contributed by atoms with Gasteiger partial charge >= 0.3 is 0 Å². The van der Waals surface area contributed by atoms with E-state index in [9.17, 15) is 9.59 Å². The average molecular weight is 316 g/mol. The zero-order valence-corrected chi connectivity index (χ0v) is 13.6. The van der Waals surface area contributed by atoms with Crippen LogP contribution in [0.15, 0.2) is 18.2 Å². The summed E-state index contributed by atoms with van der Waals surface area (Å²) in [6.45, 7) is 4.30. The second-order valence-corrected chi connectivity index (χ2v) is 6.39. The van der Waals surface area contributed by atoms with E-state index in [1.165, 1.54) is 5.56 Å². The first-order valence-electron chi connectivity index (χ1n) is 8.41. The first-order valence-corrected chi connectivity index (χ1v) is 8.41. The first-order chi connectivity index (χ1) is 11.1. The average Bonchev–Trinajstić information content (AvgIpc) is 2.59. The molecule has 3 rings (SSSR count). The molecule has 0 unspecified atom stereocenters. The molecule has 0 bridgehead atoms. The van der Waals surface area contributed by atoms with Crippen LogP contribution in [0.3, 0.4) is 0 Å². The lowest BCUT2D eigenvalue weighted by Gasteiger charge is -2.30. The van der Waals surface area contributed by atoms with Crippen molar-refractivity contribution in [2.45, 2.75) is 39.2 Å². The molecular formula is C18H24N2O3. The second-order valence-electron chi connectivity index (χ2n) is 6.39.